The van der Waals surface area contributed by atoms with Crippen LogP contribution in [0.2, 0.25) is 5.02 Å². The fourth-order valence-corrected chi connectivity index (χ4v) is 4.32. The van der Waals surface area contributed by atoms with Gasteiger partial charge in [-0.2, -0.15) is 18.3 Å². The van der Waals surface area contributed by atoms with Crippen LogP contribution in [0.1, 0.15) is 15.9 Å². The topological polar surface area (TPSA) is 65.4 Å². The molecule has 4 rings (SSSR count). The first-order valence-electron chi connectivity index (χ1n) is 11.4. The Morgan fingerprint density at radius 2 is 1.97 bits per heavy atom. The van der Waals surface area contributed by atoms with Crippen LogP contribution in [0.4, 0.5) is 18.9 Å². The lowest BCUT2D eigenvalue weighted by Gasteiger charge is -2.37. The maximum absolute atomic E-state index is 13.1. The van der Waals surface area contributed by atoms with Gasteiger partial charge in [0.2, 0.25) is 0 Å². The fraction of sp³-hybridized carbons (Fsp3) is 0.360. The van der Waals surface area contributed by atoms with E-state index in [4.69, 9.17) is 21.1 Å². The summed E-state index contributed by atoms with van der Waals surface area (Å²) in [6, 6.07) is 9.29. The highest BCUT2D eigenvalue weighted by Gasteiger charge is 2.31. The first-order chi connectivity index (χ1) is 17.1. The van der Waals surface area contributed by atoms with E-state index in [2.05, 4.69) is 17.5 Å². The summed E-state index contributed by atoms with van der Waals surface area (Å²) in [7, 11) is 3.90. The van der Waals surface area contributed by atoms with Crippen LogP contribution in [-0.2, 0) is 18.0 Å². The Morgan fingerprint density at radius 3 is 2.64 bits per heavy atom. The molecule has 0 unspecified atom stereocenters. The van der Waals surface area contributed by atoms with Crippen molar-refractivity contribution in [2.24, 2.45) is 7.05 Å². The van der Waals surface area contributed by atoms with Crippen molar-refractivity contribution in [3.05, 3.63) is 64.8 Å². The number of carbonyl (C=O) groups excluding carboxylic acids is 1. The van der Waals surface area contributed by atoms with Crippen LogP contribution >= 0.6 is 11.6 Å². The average molecular weight is 524 g/mol. The van der Waals surface area contributed by atoms with Crippen LogP contribution in [0, 0.1) is 0 Å². The normalized spacial score (nSPS) is 15.5. The summed E-state index contributed by atoms with van der Waals surface area (Å²) in [6.45, 7) is 4.48. The minimum Gasteiger partial charge on any atom is -0.487 e. The van der Waals surface area contributed by atoms with Crippen molar-refractivity contribution in [2.45, 2.75) is 6.18 Å². The number of aromatic nitrogens is 2. The van der Waals surface area contributed by atoms with E-state index in [0.29, 0.717) is 47.5 Å². The number of halogens is 4. The summed E-state index contributed by atoms with van der Waals surface area (Å²) < 4.78 is 53.2. The number of amides is 1. The van der Waals surface area contributed by atoms with Crippen molar-refractivity contribution in [1.29, 1.82) is 0 Å². The predicted octanol–water partition coefficient (Wildman–Crippen LogP) is 4.87. The number of hydrogen-bond acceptors (Lipinski definition) is 4. The highest BCUT2D eigenvalue weighted by molar-refractivity contribution is 6.33. The highest BCUT2D eigenvalue weighted by atomic mass is 35.5. The molecule has 1 fully saturated rings. The van der Waals surface area contributed by atoms with E-state index in [1.807, 2.05) is 0 Å². The van der Waals surface area contributed by atoms with Gasteiger partial charge in [0.15, 0.2) is 0 Å². The zero-order valence-electron chi connectivity index (χ0n) is 19.9. The second-order valence-electron chi connectivity index (χ2n) is 8.96. The summed E-state index contributed by atoms with van der Waals surface area (Å²) in [5, 5.41) is 7.25. The maximum Gasteiger partial charge on any atom is 0.416 e. The Labute approximate surface area is 212 Å². The van der Waals surface area contributed by atoms with Crippen molar-refractivity contribution >= 4 is 23.2 Å². The van der Waals surface area contributed by atoms with Crippen molar-refractivity contribution in [2.75, 3.05) is 51.8 Å². The Morgan fingerprint density at radius 1 is 1.22 bits per heavy atom. The molecule has 1 N–H and O–H groups in total. The molecule has 0 saturated carbocycles. The van der Waals surface area contributed by atoms with E-state index in [1.165, 1.54) is 18.3 Å². The SMILES string of the molecule is Cn1ncc(Cl)c1-c1cc(NC(=O)c2cccc(C(F)(F)F)c2)ccc1OCC[N+]1(C)CCOCC1. The number of rotatable bonds is 7. The number of anilines is 1. The van der Waals surface area contributed by atoms with Crippen molar-refractivity contribution in [3.63, 3.8) is 0 Å². The zero-order chi connectivity index (χ0) is 25.9. The molecule has 1 saturated heterocycles. The summed E-state index contributed by atoms with van der Waals surface area (Å²) in [5.74, 6) is -0.112. The van der Waals surface area contributed by atoms with Crippen LogP contribution in [0.15, 0.2) is 48.7 Å². The van der Waals surface area contributed by atoms with E-state index in [0.717, 1.165) is 36.3 Å². The molecule has 0 radical (unpaired) electrons. The van der Waals surface area contributed by atoms with Crippen LogP contribution in [0.3, 0.4) is 0 Å². The third kappa shape index (κ3) is 6.00. The number of hydrogen-bond donors (Lipinski definition) is 1. The molecule has 2 aromatic carbocycles. The molecule has 0 spiro atoms. The Kier molecular flexibility index (Phi) is 7.58. The molecule has 11 heteroatoms. The van der Waals surface area contributed by atoms with Gasteiger partial charge >= 0.3 is 6.18 Å². The van der Waals surface area contributed by atoms with Crippen LogP contribution in [-0.4, -0.2) is 66.7 Å². The largest absolute Gasteiger partial charge is 0.487 e. The number of likely N-dealkylation sites (N-methyl/N-ethyl adjacent to an activating group) is 1. The molecule has 1 amide bonds. The van der Waals surface area contributed by atoms with E-state index in [-0.39, 0.29) is 5.56 Å². The van der Waals surface area contributed by atoms with Gasteiger partial charge in [0.05, 0.1) is 42.7 Å². The summed E-state index contributed by atoms with van der Waals surface area (Å²) in [6.07, 6.45) is -3.03. The maximum atomic E-state index is 13.1. The number of nitrogens with zero attached hydrogens (tertiary/aromatic N) is 3. The van der Waals surface area contributed by atoms with Gasteiger partial charge in [0.25, 0.3) is 5.91 Å². The van der Waals surface area contributed by atoms with Crippen LogP contribution in [0.25, 0.3) is 11.3 Å². The van der Waals surface area contributed by atoms with Gasteiger partial charge in [-0.15, -0.1) is 0 Å². The smallest absolute Gasteiger partial charge is 0.416 e. The number of benzene rings is 2. The number of aryl methyl sites for hydroxylation is 1. The standard InChI is InChI=1S/C25H26ClF3N4O3/c1-32-23(21(26)16-30-32)20-15-19(31-24(34)17-4-3-5-18(14-17)25(27,28)29)6-7-22(20)36-13-10-33(2)8-11-35-12-9-33/h3-7,14-16H,8-13H2,1-2H3/p+1. The molecule has 0 atom stereocenters. The molecule has 0 aliphatic carbocycles. The lowest BCUT2D eigenvalue weighted by Crippen LogP contribution is -2.53. The fourth-order valence-electron chi connectivity index (χ4n) is 4.06. The Hall–Kier alpha value is -3.08. The summed E-state index contributed by atoms with van der Waals surface area (Å²) in [4.78, 5) is 12.7. The van der Waals surface area contributed by atoms with Gasteiger partial charge in [0.1, 0.15) is 32.0 Å². The van der Waals surface area contributed by atoms with E-state index < -0.39 is 17.6 Å². The second kappa shape index (κ2) is 10.5. The van der Waals surface area contributed by atoms with Gasteiger partial charge in [-0.1, -0.05) is 17.7 Å². The summed E-state index contributed by atoms with van der Waals surface area (Å²) in [5.41, 5.74) is 0.579. The monoisotopic (exact) mass is 523 g/mol. The molecule has 7 nitrogen and oxygen atoms in total. The van der Waals surface area contributed by atoms with E-state index >= 15 is 0 Å². The minimum absolute atomic E-state index is 0.104. The molecule has 0 bridgehead atoms. The van der Waals surface area contributed by atoms with Gasteiger partial charge in [0, 0.05) is 23.9 Å². The van der Waals surface area contributed by atoms with E-state index in [1.54, 1.807) is 29.9 Å². The number of carbonyl (C=O) groups is 1. The third-order valence-corrected chi connectivity index (χ3v) is 6.55. The van der Waals surface area contributed by atoms with Gasteiger partial charge in [-0.25, -0.2) is 0 Å². The highest BCUT2D eigenvalue weighted by Crippen LogP contribution is 2.37. The van der Waals surface area contributed by atoms with Crippen molar-refractivity contribution in [1.82, 2.24) is 9.78 Å². The summed E-state index contributed by atoms with van der Waals surface area (Å²) >= 11 is 6.39. The lowest BCUT2D eigenvalue weighted by molar-refractivity contribution is -0.916. The predicted molar refractivity (Wildman–Crippen MR) is 130 cm³/mol. The van der Waals surface area contributed by atoms with Crippen molar-refractivity contribution < 1.29 is 31.9 Å². The molecule has 1 aliphatic rings. The van der Waals surface area contributed by atoms with Crippen LogP contribution in [0.5, 0.6) is 5.75 Å². The Balaban J connectivity index is 1.57. The third-order valence-electron chi connectivity index (χ3n) is 6.28. The molecular weight excluding hydrogens is 497 g/mol. The molecule has 36 heavy (non-hydrogen) atoms. The number of quaternary nitrogens is 1. The Bertz CT molecular complexity index is 1220. The first kappa shape index (κ1) is 26.0. The second-order valence-corrected chi connectivity index (χ2v) is 9.37. The molecule has 2 heterocycles. The van der Waals surface area contributed by atoms with E-state index in [9.17, 15) is 18.0 Å². The average Bonchev–Trinajstić information content (AvgIpc) is 3.17. The molecule has 1 aromatic heterocycles. The number of morpholine rings is 1. The number of ether oxygens (including phenoxy) is 2. The number of nitrogens with one attached hydrogen (secondary N) is 1. The molecule has 3 aromatic rings. The first-order valence-corrected chi connectivity index (χ1v) is 11.8. The zero-order valence-corrected chi connectivity index (χ0v) is 20.7. The van der Waals surface area contributed by atoms with Gasteiger partial charge in [-0.05, 0) is 36.4 Å². The molecule has 192 valence electrons. The van der Waals surface area contributed by atoms with Gasteiger partial charge in [-0.3, -0.25) is 9.48 Å². The van der Waals surface area contributed by atoms with Crippen molar-refractivity contribution in [3.8, 4) is 17.0 Å². The quantitative estimate of drug-likeness (QED) is 0.449. The number of alkyl halides is 3. The van der Waals surface area contributed by atoms with Gasteiger partial charge < -0.3 is 19.3 Å². The molecule has 1 aliphatic heterocycles. The van der Waals surface area contributed by atoms with Crippen LogP contribution < -0.4 is 10.1 Å². The minimum atomic E-state index is -4.54. The molecular formula is C25H27ClF3N4O3+. The lowest BCUT2D eigenvalue weighted by atomic mass is 10.1.